The molecule has 0 aliphatic carbocycles. The molecular formula is C10H13NO3S. The van der Waals surface area contributed by atoms with E-state index >= 15 is 0 Å². The van der Waals surface area contributed by atoms with Crippen molar-refractivity contribution in [3.63, 3.8) is 0 Å². The molecule has 1 fully saturated rings. The highest BCUT2D eigenvalue weighted by Gasteiger charge is 2.24. The van der Waals surface area contributed by atoms with Crippen LogP contribution in [0.1, 0.15) is 29.7 Å². The van der Waals surface area contributed by atoms with Crippen LogP contribution in [0, 0.1) is 6.92 Å². The molecule has 1 aliphatic heterocycles. The van der Waals surface area contributed by atoms with Crippen LogP contribution in [0.2, 0.25) is 0 Å². The van der Waals surface area contributed by atoms with Gasteiger partial charge >= 0.3 is 5.97 Å². The number of hydrogen-bond acceptors (Lipinski definition) is 4. The average molecular weight is 227 g/mol. The molecule has 1 aromatic heterocycles. The predicted octanol–water partition coefficient (Wildman–Crippen LogP) is 1.83. The van der Waals surface area contributed by atoms with E-state index in [4.69, 9.17) is 9.52 Å². The van der Waals surface area contributed by atoms with E-state index in [-0.39, 0.29) is 6.42 Å². The zero-order chi connectivity index (χ0) is 10.8. The van der Waals surface area contributed by atoms with Gasteiger partial charge in [-0.15, -0.1) is 0 Å². The molecule has 0 amide bonds. The van der Waals surface area contributed by atoms with Crippen molar-refractivity contribution in [3.05, 3.63) is 17.3 Å². The maximum absolute atomic E-state index is 10.5. The van der Waals surface area contributed by atoms with Crippen LogP contribution in [0.4, 0.5) is 0 Å². The number of carbonyl (C=O) groups is 1. The van der Waals surface area contributed by atoms with Gasteiger partial charge in [-0.3, -0.25) is 4.79 Å². The first-order valence-electron chi connectivity index (χ1n) is 4.92. The van der Waals surface area contributed by atoms with Gasteiger partial charge in [0.2, 0.25) is 5.89 Å². The summed E-state index contributed by atoms with van der Waals surface area (Å²) in [5.74, 6) is 2.88. The molecule has 2 heterocycles. The maximum Gasteiger partial charge on any atom is 0.312 e. The summed E-state index contributed by atoms with van der Waals surface area (Å²) in [4.78, 5) is 14.8. The van der Waals surface area contributed by atoms with Crippen LogP contribution in [-0.4, -0.2) is 27.6 Å². The Bertz CT molecular complexity index is 369. The fraction of sp³-hybridized carbons (Fsp3) is 0.600. The number of oxazole rings is 1. The van der Waals surface area contributed by atoms with Crippen LogP contribution in [0.5, 0.6) is 0 Å². The van der Waals surface area contributed by atoms with Crippen molar-refractivity contribution in [2.75, 3.05) is 11.5 Å². The molecule has 0 saturated carbocycles. The molecule has 0 aromatic carbocycles. The minimum absolute atomic E-state index is 0.124. The topological polar surface area (TPSA) is 63.3 Å². The van der Waals surface area contributed by atoms with Crippen molar-refractivity contribution in [3.8, 4) is 0 Å². The monoisotopic (exact) mass is 227 g/mol. The molecule has 5 heteroatoms. The lowest BCUT2D eigenvalue weighted by molar-refractivity contribution is -0.136. The van der Waals surface area contributed by atoms with E-state index in [2.05, 4.69) is 4.98 Å². The van der Waals surface area contributed by atoms with Crippen molar-refractivity contribution < 1.29 is 14.3 Å². The summed E-state index contributed by atoms with van der Waals surface area (Å²) < 4.78 is 5.34. The first-order valence-corrected chi connectivity index (χ1v) is 6.08. The van der Waals surface area contributed by atoms with Gasteiger partial charge in [0.25, 0.3) is 0 Å². The van der Waals surface area contributed by atoms with Gasteiger partial charge in [0.05, 0.1) is 5.69 Å². The van der Waals surface area contributed by atoms with E-state index in [9.17, 15) is 4.79 Å². The molecule has 0 bridgehead atoms. The van der Waals surface area contributed by atoms with Gasteiger partial charge in [-0.05, 0) is 19.1 Å². The number of aryl methyl sites for hydroxylation is 1. The van der Waals surface area contributed by atoms with Gasteiger partial charge in [-0.1, -0.05) is 0 Å². The molecule has 1 N–H and O–H groups in total. The van der Waals surface area contributed by atoms with Crippen molar-refractivity contribution in [2.45, 2.75) is 25.7 Å². The fourth-order valence-corrected chi connectivity index (χ4v) is 3.03. The Balaban J connectivity index is 2.17. The number of hydrogen-bond donors (Lipinski definition) is 1. The summed E-state index contributed by atoms with van der Waals surface area (Å²) in [6, 6.07) is 0. The Hall–Kier alpha value is -0.970. The highest BCUT2D eigenvalue weighted by atomic mass is 32.2. The third kappa shape index (κ3) is 2.34. The summed E-state index contributed by atoms with van der Waals surface area (Å²) in [6.45, 7) is 1.86. The van der Waals surface area contributed by atoms with Gasteiger partial charge in [-0.25, -0.2) is 4.98 Å². The summed E-state index contributed by atoms with van der Waals surface area (Å²) in [5.41, 5.74) is 0.955. The number of rotatable bonds is 3. The van der Waals surface area contributed by atoms with E-state index in [0.29, 0.717) is 11.8 Å². The molecule has 0 radical (unpaired) electrons. The molecule has 1 saturated heterocycles. The summed E-state index contributed by atoms with van der Waals surface area (Å²) >= 11 is 1.91. The van der Waals surface area contributed by atoms with Crippen molar-refractivity contribution in [1.29, 1.82) is 0 Å². The van der Waals surface area contributed by atoms with E-state index in [1.807, 2.05) is 18.7 Å². The standard InChI is InChI=1S/C10H13NO3S/c1-6-10(7-2-3-15-5-7)11-8(14-6)4-9(12)13/h7H,2-5H2,1H3,(H,12,13). The third-order valence-electron chi connectivity index (χ3n) is 2.50. The highest BCUT2D eigenvalue weighted by molar-refractivity contribution is 7.99. The van der Waals surface area contributed by atoms with Crippen LogP contribution in [0.25, 0.3) is 0 Å². The number of aliphatic carboxylic acids is 1. The Labute approximate surface area is 92.1 Å². The quantitative estimate of drug-likeness (QED) is 0.853. The van der Waals surface area contributed by atoms with Crippen LogP contribution < -0.4 is 0 Å². The van der Waals surface area contributed by atoms with Crippen LogP contribution in [0.3, 0.4) is 0 Å². The number of carboxylic acid groups (broad SMARTS) is 1. The summed E-state index contributed by atoms with van der Waals surface area (Å²) in [5, 5.41) is 8.63. The van der Waals surface area contributed by atoms with Gasteiger partial charge in [0.1, 0.15) is 12.2 Å². The van der Waals surface area contributed by atoms with Crippen molar-refractivity contribution >= 4 is 17.7 Å². The second-order valence-electron chi connectivity index (χ2n) is 3.68. The molecule has 1 atom stereocenters. The fourth-order valence-electron chi connectivity index (χ4n) is 1.80. The highest BCUT2D eigenvalue weighted by Crippen LogP contribution is 2.33. The predicted molar refractivity (Wildman–Crippen MR) is 57.3 cm³/mol. The average Bonchev–Trinajstić information content (AvgIpc) is 2.72. The molecule has 15 heavy (non-hydrogen) atoms. The van der Waals surface area contributed by atoms with Gasteiger partial charge in [0, 0.05) is 11.7 Å². The largest absolute Gasteiger partial charge is 0.481 e. The second-order valence-corrected chi connectivity index (χ2v) is 4.83. The third-order valence-corrected chi connectivity index (χ3v) is 3.66. The first-order chi connectivity index (χ1) is 7.16. The number of nitrogens with zero attached hydrogens (tertiary/aromatic N) is 1. The molecule has 1 unspecified atom stereocenters. The van der Waals surface area contributed by atoms with Gasteiger partial charge in [-0.2, -0.15) is 11.8 Å². The van der Waals surface area contributed by atoms with Gasteiger partial charge < -0.3 is 9.52 Å². The maximum atomic E-state index is 10.5. The zero-order valence-electron chi connectivity index (χ0n) is 8.52. The molecule has 82 valence electrons. The molecule has 4 nitrogen and oxygen atoms in total. The molecular weight excluding hydrogens is 214 g/mol. The molecule has 1 aliphatic rings. The zero-order valence-corrected chi connectivity index (χ0v) is 9.34. The van der Waals surface area contributed by atoms with E-state index in [1.54, 1.807) is 0 Å². The molecule has 0 spiro atoms. The van der Waals surface area contributed by atoms with Crippen molar-refractivity contribution in [2.24, 2.45) is 0 Å². The number of aromatic nitrogens is 1. The Morgan fingerprint density at radius 2 is 2.53 bits per heavy atom. The minimum atomic E-state index is -0.899. The van der Waals surface area contributed by atoms with E-state index < -0.39 is 5.97 Å². The number of thioether (sulfide) groups is 1. The molecule has 2 rings (SSSR count). The molecule has 1 aromatic rings. The smallest absolute Gasteiger partial charge is 0.312 e. The van der Waals surface area contributed by atoms with E-state index in [1.165, 1.54) is 0 Å². The lowest BCUT2D eigenvalue weighted by Gasteiger charge is -2.02. The Morgan fingerprint density at radius 1 is 1.73 bits per heavy atom. The summed E-state index contributed by atoms with van der Waals surface area (Å²) in [6.07, 6.45) is 0.991. The Kier molecular flexibility index (Phi) is 3.00. The second kappa shape index (κ2) is 4.26. The lowest BCUT2D eigenvalue weighted by Crippen LogP contribution is -2.02. The minimum Gasteiger partial charge on any atom is -0.481 e. The number of carboxylic acids is 1. The van der Waals surface area contributed by atoms with Crippen LogP contribution >= 0.6 is 11.8 Å². The lowest BCUT2D eigenvalue weighted by atomic mass is 10.0. The van der Waals surface area contributed by atoms with Gasteiger partial charge in [0.15, 0.2) is 0 Å². The summed E-state index contributed by atoms with van der Waals surface area (Å²) in [7, 11) is 0. The SMILES string of the molecule is Cc1oc(CC(=O)O)nc1C1CCSC1. The van der Waals surface area contributed by atoms with E-state index in [0.717, 1.165) is 29.4 Å². The van der Waals surface area contributed by atoms with Crippen molar-refractivity contribution in [1.82, 2.24) is 4.98 Å². The first kappa shape index (κ1) is 10.5. The Morgan fingerprint density at radius 3 is 3.13 bits per heavy atom. The normalized spacial score (nSPS) is 20.7. The van der Waals surface area contributed by atoms with Crippen LogP contribution in [0.15, 0.2) is 4.42 Å². The van der Waals surface area contributed by atoms with Crippen LogP contribution in [-0.2, 0) is 11.2 Å².